The summed E-state index contributed by atoms with van der Waals surface area (Å²) in [6.07, 6.45) is -1.64. The maximum Gasteiger partial charge on any atom is 0.422 e. The molecular formula is C27H36F3NO7. The number of nitrogens with zero attached hydrogens (tertiary/aromatic N) is 1. The number of ether oxygens (including phenoxy) is 4. The van der Waals surface area contributed by atoms with Crippen molar-refractivity contribution >= 4 is 12.1 Å². The van der Waals surface area contributed by atoms with Gasteiger partial charge in [-0.05, 0) is 61.9 Å². The zero-order valence-electron chi connectivity index (χ0n) is 21.8. The van der Waals surface area contributed by atoms with Crippen molar-refractivity contribution in [3.63, 3.8) is 0 Å². The molecule has 0 spiro atoms. The largest absolute Gasteiger partial charge is 0.494 e. The molecule has 0 fully saturated rings. The fraction of sp³-hybridized carbons (Fsp3) is 0.556. The van der Waals surface area contributed by atoms with E-state index in [-0.39, 0.29) is 6.42 Å². The molecule has 0 aliphatic carbocycles. The van der Waals surface area contributed by atoms with Crippen LogP contribution in [0.2, 0.25) is 0 Å². The van der Waals surface area contributed by atoms with E-state index in [1.54, 1.807) is 37.3 Å². The molecule has 11 heteroatoms. The summed E-state index contributed by atoms with van der Waals surface area (Å²) in [4.78, 5) is 23.6. The average molecular weight is 544 g/mol. The second-order valence-corrected chi connectivity index (χ2v) is 8.63. The van der Waals surface area contributed by atoms with Gasteiger partial charge in [-0.15, -0.1) is 0 Å². The van der Waals surface area contributed by atoms with E-state index in [2.05, 4.69) is 11.7 Å². The number of hydrogen-bond acceptors (Lipinski definition) is 6. The molecule has 212 valence electrons. The van der Waals surface area contributed by atoms with Crippen LogP contribution in [0.25, 0.3) is 0 Å². The number of rotatable bonds is 17. The van der Waals surface area contributed by atoms with Gasteiger partial charge in [0, 0.05) is 31.5 Å². The van der Waals surface area contributed by atoms with Crippen LogP contribution in [0.1, 0.15) is 49.9 Å². The summed E-state index contributed by atoms with van der Waals surface area (Å²) >= 11 is 0. The van der Waals surface area contributed by atoms with Crippen molar-refractivity contribution in [3.8, 4) is 5.75 Å². The highest BCUT2D eigenvalue weighted by Gasteiger charge is 2.30. The standard InChI is InChI=1S/C27H36F3NO7/c1-3-5-15-35-17-13-21-12-14-31(26(34)38-19-27(28,29)30)23(21)7-6-16-37-22-10-8-20(9-11-22)18-24(25(32)33)36-4-2/h8-12,14,24H,3-7,13,15-19H2,1-2H3,(H,32,33). The van der Waals surface area contributed by atoms with E-state index in [1.807, 2.05) is 0 Å². The van der Waals surface area contributed by atoms with Gasteiger partial charge < -0.3 is 24.1 Å². The van der Waals surface area contributed by atoms with E-state index in [1.165, 1.54) is 6.20 Å². The van der Waals surface area contributed by atoms with Crippen LogP contribution >= 0.6 is 0 Å². The molecule has 0 saturated heterocycles. The fourth-order valence-electron chi connectivity index (χ4n) is 3.71. The smallest absolute Gasteiger partial charge is 0.422 e. The summed E-state index contributed by atoms with van der Waals surface area (Å²) in [5.41, 5.74) is 2.15. The number of aromatic nitrogens is 1. The van der Waals surface area contributed by atoms with Gasteiger partial charge in [0.15, 0.2) is 12.7 Å². The molecule has 1 aromatic heterocycles. The molecule has 1 unspecified atom stereocenters. The molecule has 38 heavy (non-hydrogen) atoms. The van der Waals surface area contributed by atoms with E-state index < -0.39 is 30.9 Å². The minimum absolute atomic E-state index is 0.232. The number of unbranched alkanes of at least 4 members (excludes halogenated alkanes) is 1. The third-order valence-corrected chi connectivity index (χ3v) is 5.61. The Balaban J connectivity index is 1.95. The summed E-state index contributed by atoms with van der Waals surface area (Å²) in [7, 11) is 0. The third kappa shape index (κ3) is 11.1. The topological polar surface area (TPSA) is 96.2 Å². The zero-order valence-corrected chi connectivity index (χ0v) is 21.8. The molecular weight excluding hydrogens is 507 g/mol. The van der Waals surface area contributed by atoms with Gasteiger partial charge in [-0.1, -0.05) is 25.5 Å². The van der Waals surface area contributed by atoms with Crippen molar-refractivity contribution in [3.05, 3.63) is 53.3 Å². The predicted molar refractivity (Wildman–Crippen MR) is 134 cm³/mol. The summed E-state index contributed by atoms with van der Waals surface area (Å²) in [6, 6.07) is 8.69. The number of halogens is 3. The third-order valence-electron chi connectivity index (χ3n) is 5.61. The Morgan fingerprint density at radius 3 is 2.37 bits per heavy atom. The summed E-state index contributed by atoms with van der Waals surface area (Å²) in [6.45, 7) is 3.79. The Hall–Kier alpha value is -3.05. The average Bonchev–Trinajstić information content (AvgIpc) is 3.27. The Kier molecular flexibility index (Phi) is 13.1. The van der Waals surface area contributed by atoms with Gasteiger partial charge in [-0.3, -0.25) is 4.57 Å². The van der Waals surface area contributed by atoms with E-state index in [0.717, 1.165) is 28.5 Å². The quantitative estimate of drug-likeness (QED) is 0.266. The van der Waals surface area contributed by atoms with Crippen molar-refractivity contribution in [2.75, 3.05) is 33.0 Å². The number of aliphatic carboxylic acids is 1. The lowest BCUT2D eigenvalue weighted by atomic mass is 10.1. The highest BCUT2D eigenvalue weighted by Crippen LogP contribution is 2.19. The number of hydrogen-bond donors (Lipinski definition) is 1. The number of carboxylic acids is 1. The summed E-state index contributed by atoms with van der Waals surface area (Å²) in [5.74, 6) is -0.437. The Morgan fingerprint density at radius 1 is 1.00 bits per heavy atom. The monoisotopic (exact) mass is 543 g/mol. The van der Waals surface area contributed by atoms with Crippen molar-refractivity contribution in [2.24, 2.45) is 0 Å². The number of benzene rings is 1. The van der Waals surface area contributed by atoms with Gasteiger partial charge in [0.2, 0.25) is 0 Å². The first-order chi connectivity index (χ1) is 18.1. The maximum atomic E-state index is 12.5. The molecule has 0 amide bonds. The molecule has 8 nitrogen and oxygen atoms in total. The van der Waals surface area contributed by atoms with Crippen molar-refractivity contribution in [2.45, 2.75) is 64.7 Å². The van der Waals surface area contributed by atoms with Gasteiger partial charge in [-0.25, -0.2) is 9.59 Å². The van der Waals surface area contributed by atoms with Crippen molar-refractivity contribution in [1.82, 2.24) is 4.57 Å². The lowest BCUT2D eigenvalue weighted by molar-refractivity contribution is -0.160. The SMILES string of the molecule is CCCCOCCc1ccn(C(=O)OCC(F)(F)F)c1CCCOc1ccc(CC(OCC)C(=O)O)cc1. The van der Waals surface area contributed by atoms with Gasteiger partial charge in [0.05, 0.1) is 13.2 Å². The van der Waals surface area contributed by atoms with Crippen LogP contribution < -0.4 is 4.74 Å². The lowest BCUT2D eigenvalue weighted by Crippen LogP contribution is -2.26. The van der Waals surface area contributed by atoms with Gasteiger partial charge >= 0.3 is 18.2 Å². The number of carbonyl (C=O) groups is 2. The second-order valence-electron chi connectivity index (χ2n) is 8.63. The molecule has 1 atom stereocenters. The summed E-state index contributed by atoms with van der Waals surface area (Å²) < 4.78 is 59.7. The van der Waals surface area contributed by atoms with Crippen LogP contribution in [0.4, 0.5) is 18.0 Å². The summed E-state index contributed by atoms with van der Waals surface area (Å²) in [5, 5.41) is 9.23. The molecule has 0 radical (unpaired) electrons. The molecule has 2 rings (SSSR count). The van der Waals surface area contributed by atoms with E-state index in [4.69, 9.17) is 14.2 Å². The van der Waals surface area contributed by atoms with Gasteiger partial charge in [-0.2, -0.15) is 13.2 Å². The van der Waals surface area contributed by atoms with Crippen molar-refractivity contribution in [1.29, 1.82) is 0 Å². The lowest BCUT2D eigenvalue weighted by Gasteiger charge is -2.14. The second kappa shape index (κ2) is 16.0. The Bertz CT molecular complexity index is 990. The molecule has 1 N–H and O–H groups in total. The highest BCUT2D eigenvalue weighted by molar-refractivity contribution is 5.73. The van der Waals surface area contributed by atoms with Gasteiger partial charge in [0.25, 0.3) is 0 Å². The first-order valence-electron chi connectivity index (χ1n) is 12.7. The van der Waals surface area contributed by atoms with E-state index in [9.17, 15) is 27.9 Å². The number of carboxylic acid groups (broad SMARTS) is 1. The number of alkyl halides is 3. The zero-order chi connectivity index (χ0) is 28.0. The minimum Gasteiger partial charge on any atom is -0.494 e. The molecule has 0 aliphatic heterocycles. The van der Waals surface area contributed by atoms with Crippen LogP contribution in [0, 0.1) is 0 Å². The molecule has 1 heterocycles. The predicted octanol–water partition coefficient (Wildman–Crippen LogP) is 5.44. The maximum absolute atomic E-state index is 12.5. The van der Waals surface area contributed by atoms with Gasteiger partial charge in [0.1, 0.15) is 5.75 Å². The molecule has 1 aromatic carbocycles. The highest BCUT2D eigenvalue weighted by atomic mass is 19.4. The van der Waals surface area contributed by atoms with Crippen LogP contribution in [-0.4, -0.2) is 67.1 Å². The molecule has 0 saturated carbocycles. The van der Waals surface area contributed by atoms with Crippen molar-refractivity contribution < 1.29 is 46.8 Å². The van der Waals surface area contributed by atoms with Crippen LogP contribution in [0.3, 0.4) is 0 Å². The molecule has 0 aliphatic rings. The van der Waals surface area contributed by atoms with Crippen LogP contribution in [0.5, 0.6) is 5.75 Å². The Labute approximate surface area is 220 Å². The molecule has 2 aromatic rings. The fourth-order valence-corrected chi connectivity index (χ4v) is 3.71. The minimum atomic E-state index is -4.61. The number of carbonyl (C=O) groups excluding carboxylic acids is 1. The van der Waals surface area contributed by atoms with Crippen LogP contribution in [0.15, 0.2) is 36.5 Å². The Morgan fingerprint density at radius 2 is 1.74 bits per heavy atom. The van der Waals surface area contributed by atoms with Crippen LogP contribution in [-0.2, 0) is 38.3 Å². The first-order valence-corrected chi connectivity index (χ1v) is 12.7. The van der Waals surface area contributed by atoms with E-state index in [0.29, 0.717) is 57.1 Å². The van der Waals surface area contributed by atoms with E-state index >= 15 is 0 Å². The normalized spacial score (nSPS) is 12.3. The molecule has 0 bridgehead atoms. The first kappa shape index (κ1) is 31.2.